The fourth-order valence-corrected chi connectivity index (χ4v) is 2.91. The number of amides is 2. The number of benzene rings is 2. The summed E-state index contributed by atoms with van der Waals surface area (Å²) in [6.45, 7) is 2.29. The number of aromatic nitrogens is 3. The van der Waals surface area contributed by atoms with Gasteiger partial charge in [-0.1, -0.05) is 12.1 Å². The molecule has 3 aromatic rings. The highest BCUT2D eigenvalue weighted by Gasteiger charge is 2.15. The van der Waals surface area contributed by atoms with E-state index in [-0.39, 0.29) is 24.4 Å². The molecule has 0 aliphatic heterocycles. The summed E-state index contributed by atoms with van der Waals surface area (Å²) in [6.07, 6.45) is 3.14. The zero-order chi connectivity index (χ0) is 20.8. The highest BCUT2D eigenvalue weighted by atomic mass is 16.2. The van der Waals surface area contributed by atoms with E-state index in [9.17, 15) is 9.59 Å². The SMILES string of the molecule is CNC(=O)c1ccc(NC(=O)CN(C)C(C)c2ccc(-n3cncn3)cc2)cc1. The number of nitrogens with one attached hydrogen (secondary N) is 2. The standard InChI is InChI=1S/C21H24N6O2/c1-15(16-6-10-19(11-7-16)27-14-23-13-24-27)26(3)12-20(28)25-18-8-4-17(5-9-18)21(29)22-2/h4-11,13-15H,12H2,1-3H3,(H,22,29)(H,25,28). The topological polar surface area (TPSA) is 92.2 Å². The van der Waals surface area contributed by atoms with Gasteiger partial charge < -0.3 is 10.6 Å². The fourth-order valence-electron chi connectivity index (χ4n) is 2.91. The van der Waals surface area contributed by atoms with Crippen molar-refractivity contribution in [2.75, 3.05) is 26.0 Å². The Bertz CT molecular complexity index is 952. The van der Waals surface area contributed by atoms with Gasteiger partial charge in [-0.05, 0) is 55.9 Å². The highest BCUT2D eigenvalue weighted by molar-refractivity contribution is 5.96. The quantitative estimate of drug-likeness (QED) is 0.643. The zero-order valence-electron chi connectivity index (χ0n) is 16.7. The van der Waals surface area contributed by atoms with Crippen molar-refractivity contribution in [1.82, 2.24) is 25.0 Å². The summed E-state index contributed by atoms with van der Waals surface area (Å²) in [7, 11) is 3.49. The first-order chi connectivity index (χ1) is 14.0. The molecule has 1 atom stereocenters. The Morgan fingerprint density at radius 2 is 1.79 bits per heavy atom. The first kappa shape index (κ1) is 20.2. The molecule has 1 aromatic heterocycles. The van der Waals surface area contributed by atoms with Crippen LogP contribution in [0.15, 0.2) is 61.2 Å². The maximum atomic E-state index is 12.4. The van der Waals surface area contributed by atoms with E-state index in [4.69, 9.17) is 0 Å². The molecule has 2 amide bonds. The molecule has 8 heteroatoms. The van der Waals surface area contributed by atoms with Crippen LogP contribution in [0.4, 0.5) is 5.69 Å². The molecular weight excluding hydrogens is 368 g/mol. The van der Waals surface area contributed by atoms with Crippen LogP contribution in [0.1, 0.15) is 28.9 Å². The van der Waals surface area contributed by atoms with Crippen LogP contribution in [0.2, 0.25) is 0 Å². The predicted molar refractivity (Wildman–Crippen MR) is 111 cm³/mol. The third-order valence-electron chi connectivity index (χ3n) is 4.77. The number of rotatable bonds is 7. The molecule has 0 saturated carbocycles. The average molecular weight is 392 g/mol. The minimum absolute atomic E-state index is 0.0566. The van der Waals surface area contributed by atoms with E-state index in [1.807, 2.05) is 36.2 Å². The molecule has 0 spiro atoms. The molecule has 8 nitrogen and oxygen atoms in total. The molecule has 0 saturated heterocycles. The van der Waals surface area contributed by atoms with Crippen molar-refractivity contribution < 1.29 is 9.59 Å². The van der Waals surface area contributed by atoms with Gasteiger partial charge in [0.15, 0.2) is 0 Å². The minimum atomic E-state index is -0.161. The lowest BCUT2D eigenvalue weighted by Gasteiger charge is -2.24. The van der Waals surface area contributed by atoms with Crippen LogP contribution >= 0.6 is 0 Å². The molecule has 0 aliphatic carbocycles. The third kappa shape index (κ3) is 5.05. The van der Waals surface area contributed by atoms with Crippen LogP contribution in [-0.4, -0.2) is 52.1 Å². The van der Waals surface area contributed by atoms with Crippen molar-refractivity contribution >= 4 is 17.5 Å². The molecule has 3 rings (SSSR count). The number of nitrogens with zero attached hydrogens (tertiary/aromatic N) is 4. The van der Waals surface area contributed by atoms with Gasteiger partial charge in [0.2, 0.25) is 5.91 Å². The molecule has 29 heavy (non-hydrogen) atoms. The summed E-state index contributed by atoms with van der Waals surface area (Å²) in [5.41, 5.74) is 3.23. The Labute approximate surface area is 169 Å². The number of hydrogen-bond acceptors (Lipinski definition) is 5. The lowest BCUT2D eigenvalue weighted by molar-refractivity contribution is -0.117. The molecule has 1 heterocycles. The summed E-state index contributed by atoms with van der Waals surface area (Å²) in [6, 6.07) is 14.8. The minimum Gasteiger partial charge on any atom is -0.355 e. The Morgan fingerprint density at radius 3 is 2.38 bits per heavy atom. The summed E-state index contributed by atoms with van der Waals surface area (Å²) >= 11 is 0. The Kier molecular flexibility index (Phi) is 6.36. The number of anilines is 1. The molecule has 2 N–H and O–H groups in total. The first-order valence-electron chi connectivity index (χ1n) is 9.25. The number of hydrogen-bond donors (Lipinski definition) is 2. The van der Waals surface area contributed by atoms with Gasteiger partial charge >= 0.3 is 0 Å². The third-order valence-corrected chi connectivity index (χ3v) is 4.77. The van der Waals surface area contributed by atoms with Crippen LogP contribution in [-0.2, 0) is 4.79 Å². The van der Waals surface area contributed by atoms with Crippen molar-refractivity contribution in [3.8, 4) is 5.69 Å². The molecule has 0 radical (unpaired) electrons. The van der Waals surface area contributed by atoms with Gasteiger partial charge in [-0.3, -0.25) is 14.5 Å². The monoisotopic (exact) mass is 392 g/mol. The van der Waals surface area contributed by atoms with Crippen LogP contribution < -0.4 is 10.6 Å². The van der Waals surface area contributed by atoms with Gasteiger partial charge in [-0.15, -0.1) is 0 Å². The van der Waals surface area contributed by atoms with Crippen molar-refractivity contribution in [1.29, 1.82) is 0 Å². The second-order valence-electron chi connectivity index (χ2n) is 6.73. The number of carbonyl (C=O) groups is 2. The molecule has 2 aromatic carbocycles. The highest BCUT2D eigenvalue weighted by Crippen LogP contribution is 2.20. The average Bonchev–Trinajstić information content (AvgIpc) is 3.28. The molecular formula is C21H24N6O2. The van der Waals surface area contributed by atoms with E-state index in [0.29, 0.717) is 11.3 Å². The smallest absolute Gasteiger partial charge is 0.251 e. The van der Waals surface area contributed by atoms with Crippen molar-refractivity contribution in [2.45, 2.75) is 13.0 Å². The Morgan fingerprint density at radius 1 is 1.10 bits per heavy atom. The normalized spacial score (nSPS) is 11.9. The van der Waals surface area contributed by atoms with E-state index in [1.165, 1.54) is 6.33 Å². The van der Waals surface area contributed by atoms with E-state index >= 15 is 0 Å². The van der Waals surface area contributed by atoms with Crippen LogP contribution in [0.5, 0.6) is 0 Å². The van der Waals surface area contributed by atoms with Crippen LogP contribution in [0, 0.1) is 0 Å². The Balaban J connectivity index is 1.56. The molecule has 0 bridgehead atoms. The maximum Gasteiger partial charge on any atom is 0.251 e. The largest absolute Gasteiger partial charge is 0.355 e. The van der Waals surface area contributed by atoms with Gasteiger partial charge in [-0.2, -0.15) is 5.10 Å². The van der Waals surface area contributed by atoms with Crippen molar-refractivity contribution in [3.63, 3.8) is 0 Å². The van der Waals surface area contributed by atoms with Gasteiger partial charge in [0.1, 0.15) is 12.7 Å². The van der Waals surface area contributed by atoms with Gasteiger partial charge in [0.05, 0.1) is 12.2 Å². The zero-order valence-corrected chi connectivity index (χ0v) is 16.7. The van der Waals surface area contributed by atoms with E-state index < -0.39 is 0 Å². The van der Waals surface area contributed by atoms with Crippen molar-refractivity contribution in [2.24, 2.45) is 0 Å². The lowest BCUT2D eigenvalue weighted by atomic mass is 10.1. The van der Waals surface area contributed by atoms with Gasteiger partial charge in [0.25, 0.3) is 5.91 Å². The van der Waals surface area contributed by atoms with E-state index in [2.05, 4.69) is 27.6 Å². The van der Waals surface area contributed by atoms with Gasteiger partial charge in [0, 0.05) is 24.3 Å². The van der Waals surface area contributed by atoms with Crippen LogP contribution in [0.3, 0.4) is 0 Å². The number of carbonyl (C=O) groups excluding carboxylic acids is 2. The molecule has 1 unspecified atom stereocenters. The number of likely N-dealkylation sites (N-methyl/N-ethyl adjacent to an activating group) is 1. The molecule has 0 aliphatic rings. The molecule has 0 fully saturated rings. The predicted octanol–water partition coefficient (Wildman–Crippen LogP) is 2.26. The van der Waals surface area contributed by atoms with Gasteiger partial charge in [-0.25, -0.2) is 9.67 Å². The summed E-state index contributed by atoms with van der Waals surface area (Å²) in [5.74, 6) is -0.280. The summed E-state index contributed by atoms with van der Waals surface area (Å²) in [4.78, 5) is 29.9. The first-order valence-corrected chi connectivity index (χ1v) is 9.25. The molecule has 150 valence electrons. The summed E-state index contributed by atoms with van der Waals surface area (Å²) < 4.78 is 1.70. The second kappa shape index (κ2) is 9.11. The Hall–Kier alpha value is -3.52. The summed E-state index contributed by atoms with van der Waals surface area (Å²) in [5, 5.41) is 9.54. The van der Waals surface area contributed by atoms with E-state index in [0.717, 1.165) is 11.3 Å². The maximum absolute atomic E-state index is 12.4. The fraction of sp³-hybridized carbons (Fsp3) is 0.238. The second-order valence-corrected chi connectivity index (χ2v) is 6.73. The lowest BCUT2D eigenvalue weighted by Crippen LogP contribution is -2.32. The van der Waals surface area contributed by atoms with Crippen molar-refractivity contribution in [3.05, 3.63) is 72.3 Å². The van der Waals surface area contributed by atoms with Crippen LogP contribution in [0.25, 0.3) is 5.69 Å². The van der Waals surface area contributed by atoms with E-state index in [1.54, 1.807) is 42.3 Å².